The van der Waals surface area contributed by atoms with E-state index in [1.54, 1.807) is 12.1 Å². The normalized spacial score (nSPS) is 8.59. The number of aliphatic hydroxyl groups excluding tert-OH is 1. The first kappa shape index (κ1) is 14.9. The molecule has 0 aromatic heterocycles. The summed E-state index contributed by atoms with van der Waals surface area (Å²) >= 11 is 0. The summed E-state index contributed by atoms with van der Waals surface area (Å²) < 4.78 is 0. The Labute approximate surface area is 99.3 Å². The second-order valence-electron chi connectivity index (χ2n) is 2.94. The first-order chi connectivity index (χ1) is 8.10. The number of carboxylic acid groups (broad SMARTS) is 1. The molecule has 0 saturated carbocycles. The van der Waals surface area contributed by atoms with Gasteiger partial charge in [-0.3, -0.25) is 4.79 Å². The van der Waals surface area contributed by atoms with Crippen molar-refractivity contribution in [3.63, 3.8) is 0 Å². The van der Waals surface area contributed by atoms with Crippen molar-refractivity contribution >= 4 is 17.7 Å². The maximum Gasteiger partial charge on any atom is 0.404 e. The lowest BCUT2D eigenvalue weighted by Crippen LogP contribution is -2.13. The van der Waals surface area contributed by atoms with Gasteiger partial charge >= 0.3 is 6.09 Å². The standard InChI is InChI=1S/C9H11NO2.C2H5NO2/c11-7-6-9(12)10-8-4-2-1-3-5-8;1-3-2(4)5/h1-5,11H,6-7H2,(H,10,12);3H,1H3,(H,4,5). The Morgan fingerprint density at radius 1 is 1.24 bits per heavy atom. The van der Waals surface area contributed by atoms with Gasteiger partial charge in [0, 0.05) is 12.7 Å². The van der Waals surface area contributed by atoms with Crippen LogP contribution in [0.4, 0.5) is 10.5 Å². The molecule has 0 atom stereocenters. The van der Waals surface area contributed by atoms with Crippen molar-refractivity contribution in [1.29, 1.82) is 0 Å². The maximum atomic E-state index is 10.9. The number of nitrogens with one attached hydrogen (secondary N) is 2. The van der Waals surface area contributed by atoms with Gasteiger partial charge in [-0.15, -0.1) is 0 Å². The Morgan fingerprint density at radius 3 is 2.18 bits per heavy atom. The molecule has 2 amide bonds. The van der Waals surface area contributed by atoms with Crippen LogP contribution in [0.25, 0.3) is 0 Å². The number of carbonyl (C=O) groups is 2. The van der Waals surface area contributed by atoms with Crippen LogP contribution in [0.2, 0.25) is 0 Å². The molecule has 17 heavy (non-hydrogen) atoms. The highest BCUT2D eigenvalue weighted by Crippen LogP contribution is 2.04. The molecule has 1 rings (SSSR count). The topological polar surface area (TPSA) is 98.7 Å². The molecule has 4 N–H and O–H groups in total. The summed E-state index contributed by atoms with van der Waals surface area (Å²) in [7, 11) is 1.35. The molecule has 0 spiro atoms. The summed E-state index contributed by atoms with van der Waals surface area (Å²) in [6.45, 7) is -0.112. The molecule has 0 aliphatic rings. The molecule has 0 aliphatic carbocycles. The van der Waals surface area contributed by atoms with Crippen molar-refractivity contribution in [2.75, 3.05) is 19.0 Å². The van der Waals surface area contributed by atoms with E-state index in [2.05, 4.69) is 5.32 Å². The van der Waals surface area contributed by atoms with Crippen molar-refractivity contribution in [1.82, 2.24) is 5.32 Å². The number of amides is 2. The third-order valence-electron chi connectivity index (χ3n) is 1.61. The molecule has 0 heterocycles. The lowest BCUT2D eigenvalue weighted by Gasteiger charge is -2.02. The molecule has 0 radical (unpaired) electrons. The predicted molar refractivity (Wildman–Crippen MR) is 63.9 cm³/mol. The van der Waals surface area contributed by atoms with Crippen molar-refractivity contribution in [3.05, 3.63) is 30.3 Å². The smallest absolute Gasteiger partial charge is 0.404 e. The van der Waals surface area contributed by atoms with Gasteiger partial charge in [-0.2, -0.15) is 0 Å². The van der Waals surface area contributed by atoms with Gasteiger partial charge in [0.1, 0.15) is 0 Å². The summed E-state index contributed by atoms with van der Waals surface area (Å²) in [6.07, 6.45) is -0.848. The number of benzene rings is 1. The number of aliphatic hydroxyl groups is 1. The van der Waals surface area contributed by atoms with Gasteiger partial charge in [-0.05, 0) is 12.1 Å². The zero-order chi connectivity index (χ0) is 13.1. The van der Waals surface area contributed by atoms with E-state index in [9.17, 15) is 9.59 Å². The van der Waals surface area contributed by atoms with Gasteiger partial charge < -0.3 is 20.8 Å². The Hall–Kier alpha value is -2.08. The van der Waals surface area contributed by atoms with Crippen LogP contribution in [-0.2, 0) is 4.79 Å². The quantitative estimate of drug-likeness (QED) is 0.630. The fourth-order valence-corrected chi connectivity index (χ4v) is 0.847. The minimum absolute atomic E-state index is 0.112. The largest absolute Gasteiger partial charge is 0.465 e. The van der Waals surface area contributed by atoms with E-state index in [0.717, 1.165) is 5.69 Å². The molecular formula is C11H16N2O4. The number of hydrogen-bond donors (Lipinski definition) is 4. The van der Waals surface area contributed by atoms with E-state index in [-0.39, 0.29) is 18.9 Å². The molecule has 6 nitrogen and oxygen atoms in total. The van der Waals surface area contributed by atoms with E-state index in [4.69, 9.17) is 10.2 Å². The zero-order valence-electron chi connectivity index (χ0n) is 9.51. The first-order valence-corrected chi connectivity index (χ1v) is 4.96. The lowest BCUT2D eigenvalue weighted by molar-refractivity contribution is -0.116. The van der Waals surface area contributed by atoms with Crippen molar-refractivity contribution in [3.8, 4) is 0 Å². The number of rotatable bonds is 3. The van der Waals surface area contributed by atoms with Crippen molar-refractivity contribution < 1.29 is 19.8 Å². The van der Waals surface area contributed by atoms with Gasteiger partial charge in [0.05, 0.1) is 13.0 Å². The molecule has 6 heteroatoms. The predicted octanol–water partition coefficient (Wildman–Crippen LogP) is 0.891. The number of para-hydroxylation sites is 1. The second kappa shape index (κ2) is 9.17. The van der Waals surface area contributed by atoms with Crippen LogP contribution < -0.4 is 10.6 Å². The highest BCUT2D eigenvalue weighted by atomic mass is 16.4. The molecule has 94 valence electrons. The van der Waals surface area contributed by atoms with Crippen LogP contribution in [-0.4, -0.2) is 35.9 Å². The van der Waals surface area contributed by atoms with Crippen LogP contribution >= 0.6 is 0 Å². The molecule has 1 aromatic rings. The van der Waals surface area contributed by atoms with Crippen LogP contribution in [0, 0.1) is 0 Å². The monoisotopic (exact) mass is 240 g/mol. The maximum absolute atomic E-state index is 10.9. The molecule has 0 saturated heterocycles. The summed E-state index contributed by atoms with van der Waals surface area (Å²) in [5.74, 6) is -0.163. The van der Waals surface area contributed by atoms with Gasteiger partial charge in [0.2, 0.25) is 5.91 Å². The Balaban J connectivity index is 0.000000437. The van der Waals surface area contributed by atoms with Crippen LogP contribution in [0.1, 0.15) is 6.42 Å². The van der Waals surface area contributed by atoms with Crippen LogP contribution in [0.3, 0.4) is 0 Å². The van der Waals surface area contributed by atoms with Crippen molar-refractivity contribution in [2.24, 2.45) is 0 Å². The third-order valence-corrected chi connectivity index (χ3v) is 1.61. The number of carbonyl (C=O) groups excluding carboxylic acids is 1. The molecule has 0 unspecified atom stereocenters. The van der Waals surface area contributed by atoms with Crippen LogP contribution in [0.5, 0.6) is 0 Å². The van der Waals surface area contributed by atoms with E-state index in [1.807, 2.05) is 23.5 Å². The summed E-state index contributed by atoms with van der Waals surface area (Å²) in [6, 6.07) is 9.16. The summed E-state index contributed by atoms with van der Waals surface area (Å²) in [5.41, 5.74) is 0.760. The van der Waals surface area contributed by atoms with E-state index in [1.165, 1.54) is 7.05 Å². The van der Waals surface area contributed by atoms with E-state index < -0.39 is 6.09 Å². The minimum atomic E-state index is -0.995. The molecular weight excluding hydrogens is 224 g/mol. The minimum Gasteiger partial charge on any atom is -0.465 e. The number of hydrogen-bond acceptors (Lipinski definition) is 3. The molecule has 0 aliphatic heterocycles. The van der Waals surface area contributed by atoms with Gasteiger partial charge in [-0.25, -0.2) is 4.79 Å². The average Bonchev–Trinajstić information content (AvgIpc) is 2.31. The highest BCUT2D eigenvalue weighted by molar-refractivity contribution is 5.90. The highest BCUT2D eigenvalue weighted by Gasteiger charge is 1.98. The third kappa shape index (κ3) is 8.88. The number of anilines is 1. The van der Waals surface area contributed by atoms with Crippen molar-refractivity contribution in [2.45, 2.75) is 6.42 Å². The zero-order valence-corrected chi connectivity index (χ0v) is 9.51. The van der Waals surface area contributed by atoms with Gasteiger partial charge in [-0.1, -0.05) is 18.2 Å². The molecule has 0 fully saturated rings. The fraction of sp³-hybridized carbons (Fsp3) is 0.273. The Morgan fingerprint density at radius 2 is 1.76 bits per heavy atom. The first-order valence-electron chi connectivity index (χ1n) is 4.96. The average molecular weight is 240 g/mol. The molecule has 1 aromatic carbocycles. The Bertz CT molecular complexity index is 341. The SMILES string of the molecule is CNC(=O)O.O=C(CCO)Nc1ccccc1. The van der Waals surface area contributed by atoms with Crippen LogP contribution in [0.15, 0.2) is 30.3 Å². The second-order valence-corrected chi connectivity index (χ2v) is 2.94. The Kier molecular flexibility index (Phi) is 8.05. The summed E-state index contributed by atoms with van der Waals surface area (Å²) in [4.78, 5) is 20.2. The van der Waals surface area contributed by atoms with E-state index >= 15 is 0 Å². The molecule has 0 bridgehead atoms. The lowest BCUT2D eigenvalue weighted by atomic mass is 10.3. The van der Waals surface area contributed by atoms with Gasteiger partial charge in [0.25, 0.3) is 0 Å². The van der Waals surface area contributed by atoms with E-state index in [0.29, 0.717) is 0 Å². The summed E-state index contributed by atoms with van der Waals surface area (Å²) in [5, 5.41) is 20.7. The van der Waals surface area contributed by atoms with Gasteiger partial charge in [0.15, 0.2) is 0 Å². The fourth-order valence-electron chi connectivity index (χ4n) is 0.847.